The molecule has 0 aliphatic heterocycles. The van der Waals surface area contributed by atoms with E-state index in [2.05, 4.69) is 53.6 Å². The van der Waals surface area contributed by atoms with E-state index in [9.17, 15) is 4.39 Å². The Morgan fingerprint density at radius 3 is 2.54 bits per heavy atom. The molecule has 1 atom stereocenters. The van der Waals surface area contributed by atoms with Gasteiger partial charge in [-0.2, -0.15) is 0 Å². The molecule has 1 fully saturated rings. The predicted molar refractivity (Wildman–Crippen MR) is 105 cm³/mol. The summed E-state index contributed by atoms with van der Waals surface area (Å²) in [6.45, 7) is 2.24. The number of fused-ring (bicyclic) bond motifs is 1. The van der Waals surface area contributed by atoms with Crippen molar-refractivity contribution < 1.29 is 4.39 Å². The second-order valence-electron chi connectivity index (χ2n) is 7.41. The normalized spacial score (nSPS) is 21.6. The van der Waals surface area contributed by atoms with Crippen molar-refractivity contribution in [2.45, 2.75) is 50.6 Å². The van der Waals surface area contributed by atoms with E-state index in [0.29, 0.717) is 18.0 Å². The van der Waals surface area contributed by atoms with E-state index in [0.717, 1.165) is 36.6 Å². The lowest BCUT2D eigenvalue weighted by Crippen LogP contribution is -2.34. The van der Waals surface area contributed by atoms with Gasteiger partial charge in [-0.25, -0.2) is 4.39 Å². The fourth-order valence-electron chi connectivity index (χ4n) is 4.26. The Bertz CT molecular complexity index is 870. The summed E-state index contributed by atoms with van der Waals surface area (Å²) in [4.78, 5) is 4.39. The summed E-state index contributed by atoms with van der Waals surface area (Å²) in [5.41, 5.74) is 3.48. The van der Waals surface area contributed by atoms with Crippen molar-refractivity contribution in [1.29, 1.82) is 0 Å². The molecule has 0 radical (unpaired) electrons. The Morgan fingerprint density at radius 1 is 1.00 bits per heavy atom. The average Bonchev–Trinajstić information content (AvgIpc) is 2.69. The second-order valence-corrected chi connectivity index (χ2v) is 7.41. The van der Waals surface area contributed by atoms with Crippen molar-refractivity contribution in [2.24, 2.45) is 0 Å². The minimum atomic E-state index is -0.182. The van der Waals surface area contributed by atoms with Crippen molar-refractivity contribution in [2.75, 3.05) is 0 Å². The molecule has 1 aromatic heterocycles. The lowest BCUT2D eigenvalue weighted by atomic mass is 9.80. The van der Waals surface area contributed by atoms with Crippen LogP contribution in [0, 0.1) is 5.82 Å². The first-order valence-electron chi connectivity index (χ1n) is 9.56. The standard InChI is InChI=1S/C23H25FN2/c1-16(17-5-3-2-4-6-17)26-20-10-7-18(8-11-20)21-13-14-25-23-12-9-19(24)15-22(21)23/h2-6,9,12-16,18,20,26H,7-8,10-11H2,1H3/t16-,18?,20?/m1/s1. The molecular formula is C23H25FN2. The first kappa shape index (κ1) is 17.2. The monoisotopic (exact) mass is 348 g/mol. The third kappa shape index (κ3) is 3.63. The third-order valence-corrected chi connectivity index (χ3v) is 5.69. The zero-order valence-corrected chi connectivity index (χ0v) is 15.2. The van der Waals surface area contributed by atoms with Crippen molar-refractivity contribution >= 4 is 10.9 Å². The van der Waals surface area contributed by atoms with Crippen molar-refractivity contribution in [3.63, 3.8) is 0 Å². The van der Waals surface area contributed by atoms with Crippen LogP contribution in [0.2, 0.25) is 0 Å². The van der Waals surface area contributed by atoms with Gasteiger partial charge in [0, 0.05) is 23.7 Å². The minimum absolute atomic E-state index is 0.182. The Morgan fingerprint density at radius 2 is 1.77 bits per heavy atom. The molecule has 1 N–H and O–H groups in total. The van der Waals surface area contributed by atoms with E-state index in [1.165, 1.54) is 17.2 Å². The zero-order valence-electron chi connectivity index (χ0n) is 15.2. The summed E-state index contributed by atoms with van der Waals surface area (Å²) in [6.07, 6.45) is 6.43. The van der Waals surface area contributed by atoms with Crippen LogP contribution >= 0.6 is 0 Å². The van der Waals surface area contributed by atoms with Gasteiger partial charge in [-0.1, -0.05) is 30.3 Å². The van der Waals surface area contributed by atoms with E-state index in [-0.39, 0.29) is 5.82 Å². The van der Waals surface area contributed by atoms with Gasteiger partial charge in [-0.3, -0.25) is 4.98 Å². The predicted octanol–water partition coefficient (Wildman–Crippen LogP) is 5.75. The van der Waals surface area contributed by atoms with Gasteiger partial charge in [-0.15, -0.1) is 0 Å². The number of pyridine rings is 1. The van der Waals surface area contributed by atoms with Crippen LogP contribution in [0.4, 0.5) is 4.39 Å². The lowest BCUT2D eigenvalue weighted by molar-refractivity contribution is 0.322. The molecule has 3 heteroatoms. The largest absolute Gasteiger partial charge is 0.307 e. The van der Waals surface area contributed by atoms with E-state index in [1.54, 1.807) is 12.1 Å². The van der Waals surface area contributed by atoms with E-state index in [1.807, 2.05) is 6.20 Å². The maximum Gasteiger partial charge on any atom is 0.123 e. The molecule has 0 amide bonds. The van der Waals surface area contributed by atoms with Crippen LogP contribution in [0.5, 0.6) is 0 Å². The van der Waals surface area contributed by atoms with E-state index in [4.69, 9.17) is 0 Å². The molecule has 0 saturated heterocycles. The SMILES string of the molecule is C[C@@H](NC1CCC(c2ccnc3ccc(F)cc23)CC1)c1ccccc1. The molecule has 1 heterocycles. The quantitative estimate of drug-likeness (QED) is 0.649. The number of hydrogen-bond donors (Lipinski definition) is 1. The highest BCUT2D eigenvalue weighted by Crippen LogP contribution is 2.36. The van der Waals surface area contributed by atoms with E-state index < -0.39 is 0 Å². The summed E-state index contributed by atoms with van der Waals surface area (Å²) >= 11 is 0. The van der Waals surface area contributed by atoms with Gasteiger partial charge < -0.3 is 5.32 Å². The van der Waals surface area contributed by atoms with Crippen LogP contribution in [0.3, 0.4) is 0 Å². The van der Waals surface area contributed by atoms with Crippen LogP contribution in [0.1, 0.15) is 55.7 Å². The number of halogens is 1. The summed E-state index contributed by atoms with van der Waals surface area (Å²) in [5.74, 6) is 0.311. The van der Waals surface area contributed by atoms with Gasteiger partial charge in [0.1, 0.15) is 5.82 Å². The fourth-order valence-corrected chi connectivity index (χ4v) is 4.26. The van der Waals surface area contributed by atoms with Crippen LogP contribution in [0.25, 0.3) is 10.9 Å². The number of aromatic nitrogens is 1. The molecule has 4 rings (SSSR count). The third-order valence-electron chi connectivity index (χ3n) is 5.69. The number of nitrogens with zero attached hydrogens (tertiary/aromatic N) is 1. The van der Waals surface area contributed by atoms with Gasteiger partial charge in [0.2, 0.25) is 0 Å². The van der Waals surface area contributed by atoms with E-state index >= 15 is 0 Å². The first-order chi connectivity index (χ1) is 12.7. The summed E-state index contributed by atoms with van der Waals surface area (Å²) in [5, 5.41) is 4.75. The molecule has 1 saturated carbocycles. The zero-order chi connectivity index (χ0) is 17.9. The molecule has 2 aromatic carbocycles. The smallest absolute Gasteiger partial charge is 0.123 e. The Hall–Kier alpha value is -2.26. The average molecular weight is 348 g/mol. The Balaban J connectivity index is 1.43. The van der Waals surface area contributed by atoms with Crippen LogP contribution in [0.15, 0.2) is 60.8 Å². The van der Waals surface area contributed by atoms with Gasteiger partial charge >= 0.3 is 0 Å². The first-order valence-corrected chi connectivity index (χ1v) is 9.56. The van der Waals surface area contributed by atoms with Crippen LogP contribution < -0.4 is 5.32 Å². The molecule has 26 heavy (non-hydrogen) atoms. The highest BCUT2D eigenvalue weighted by molar-refractivity contribution is 5.82. The number of nitrogens with one attached hydrogen (secondary N) is 1. The molecule has 134 valence electrons. The molecule has 0 bridgehead atoms. The molecule has 1 aliphatic rings. The highest BCUT2D eigenvalue weighted by Gasteiger charge is 2.24. The molecule has 2 nitrogen and oxygen atoms in total. The maximum atomic E-state index is 13.7. The second kappa shape index (κ2) is 7.55. The number of hydrogen-bond acceptors (Lipinski definition) is 2. The van der Waals surface area contributed by atoms with Crippen molar-refractivity contribution in [1.82, 2.24) is 10.3 Å². The lowest BCUT2D eigenvalue weighted by Gasteiger charge is -2.32. The molecular weight excluding hydrogens is 323 g/mol. The van der Waals surface area contributed by atoms with Crippen LogP contribution in [-0.4, -0.2) is 11.0 Å². The van der Waals surface area contributed by atoms with Crippen LogP contribution in [-0.2, 0) is 0 Å². The van der Waals surface area contributed by atoms with Gasteiger partial charge in [0.05, 0.1) is 5.52 Å². The fraction of sp³-hybridized carbons (Fsp3) is 0.348. The minimum Gasteiger partial charge on any atom is -0.307 e. The number of benzene rings is 2. The maximum absolute atomic E-state index is 13.7. The van der Waals surface area contributed by atoms with Gasteiger partial charge in [-0.05, 0) is 73.9 Å². The number of rotatable bonds is 4. The van der Waals surface area contributed by atoms with Crippen molar-refractivity contribution in [3.8, 4) is 0 Å². The summed E-state index contributed by atoms with van der Waals surface area (Å²) in [7, 11) is 0. The van der Waals surface area contributed by atoms with Gasteiger partial charge in [0.25, 0.3) is 0 Å². The molecule has 3 aromatic rings. The highest BCUT2D eigenvalue weighted by atomic mass is 19.1. The van der Waals surface area contributed by atoms with Crippen molar-refractivity contribution in [3.05, 3.63) is 77.7 Å². The topological polar surface area (TPSA) is 24.9 Å². The summed E-state index contributed by atoms with van der Waals surface area (Å²) < 4.78 is 13.7. The van der Waals surface area contributed by atoms with Gasteiger partial charge in [0.15, 0.2) is 0 Å². The Labute approximate surface area is 154 Å². The molecule has 0 spiro atoms. The summed E-state index contributed by atoms with van der Waals surface area (Å²) in [6, 6.07) is 18.5. The molecule has 0 unspecified atom stereocenters. The molecule has 1 aliphatic carbocycles. The Kier molecular flexibility index (Phi) is 4.98.